The Morgan fingerprint density at radius 1 is 1.15 bits per heavy atom. The maximum atomic E-state index is 13.2. The lowest BCUT2D eigenvalue weighted by molar-refractivity contribution is -0.119. The third-order valence-corrected chi connectivity index (χ3v) is 10.3. The molecule has 4 rings (SSSR count). The van der Waals surface area contributed by atoms with Crippen LogP contribution < -0.4 is 14.4 Å². The molecule has 3 atom stereocenters. The number of hydrogen-bond donors (Lipinski definition) is 1. The maximum Gasteiger partial charge on any atom is 0.247 e. The Morgan fingerprint density at radius 2 is 1.95 bits per heavy atom. The number of nitrogens with zero attached hydrogens (tertiary/aromatic N) is 2. The summed E-state index contributed by atoms with van der Waals surface area (Å²) in [4.78, 5) is 15.5. The molecule has 0 fully saturated rings. The van der Waals surface area contributed by atoms with E-state index in [-0.39, 0.29) is 12.5 Å². The van der Waals surface area contributed by atoms with Gasteiger partial charge in [0.15, 0.2) is 11.0 Å². The van der Waals surface area contributed by atoms with Crippen molar-refractivity contribution in [3.8, 4) is 5.75 Å². The summed E-state index contributed by atoms with van der Waals surface area (Å²) in [6.07, 6.45) is 9.53. The van der Waals surface area contributed by atoms with Gasteiger partial charge in [0.1, 0.15) is 5.75 Å². The molecule has 2 aliphatic heterocycles. The highest BCUT2D eigenvalue weighted by Gasteiger charge is 2.28. The largest absolute Gasteiger partial charge is 0.491 e. The van der Waals surface area contributed by atoms with Crippen LogP contribution in [-0.4, -0.2) is 61.9 Å². The van der Waals surface area contributed by atoms with Gasteiger partial charge in [-0.2, -0.15) is 4.31 Å². The van der Waals surface area contributed by atoms with Crippen LogP contribution in [0.25, 0.3) is 0 Å². The second kappa shape index (κ2) is 14.2. The van der Waals surface area contributed by atoms with E-state index in [1.165, 1.54) is 11.1 Å². The zero-order valence-corrected chi connectivity index (χ0v) is 26.4. The maximum absolute atomic E-state index is 13.2. The van der Waals surface area contributed by atoms with Gasteiger partial charge < -0.3 is 9.64 Å². The molecule has 2 aliphatic rings. The molecule has 0 saturated heterocycles. The number of benzene rings is 2. The number of fused-ring (bicyclic) bond motifs is 1. The number of ether oxygens (including phenoxy) is 1. The van der Waals surface area contributed by atoms with Crippen LogP contribution in [0.2, 0.25) is 5.02 Å². The number of carbonyl (C=O) groups excluding carboxylic acids is 1. The molecule has 41 heavy (non-hydrogen) atoms. The average Bonchev–Trinajstić information content (AvgIpc) is 3.10. The molecule has 1 amide bonds. The number of aryl methyl sites for hydroxylation is 1. The van der Waals surface area contributed by atoms with Crippen molar-refractivity contribution in [2.75, 3.05) is 43.9 Å². The Kier molecular flexibility index (Phi) is 10.9. The van der Waals surface area contributed by atoms with Gasteiger partial charge in [-0.05, 0) is 66.6 Å². The Hall–Kier alpha value is -2.40. The Bertz CT molecular complexity index is 1400. The van der Waals surface area contributed by atoms with Gasteiger partial charge in [-0.25, -0.2) is 12.6 Å². The van der Waals surface area contributed by atoms with Gasteiger partial charge in [0.2, 0.25) is 15.9 Å². The van der Waals surface area contributed by atoms with E-state index in [1.807, 2.05) is 24.3 Å². The highest BCUT2D eigenvalue weighted by molar-refractivity contribution is 7.88. The van der Waals surface area contributed by atoms with Crippen LogP contribution in [0.15, 0.2) is 53.4 Å². The van der Waals surface area contributed by atoms with Gasteiger partial charge in [-0.1, -0.05) is 56.5 Å². The van der Waals surface area contributed by atoms with Crippen molar-refractivity contribution in [1.29, 1.82) is 0 Å². The van der Waals surface area contributed by atoms with Crippen molar-refractivity contribution in [3.63, 3.8) is 0 Å². The fraction of sp³-hybridized carbons (Fsp3) is 0.500. The van der Waals surface area contributed by atoms with Crippen LogP contribution in [0.4, 0.5) is 5.69 Å². The van der Waals surface area contributed by atoms with Crippen molar-refractivity contribution < 1.29 is 22.2 Å². The number of anilines is 1. The molecule has 0 radical (unpaired) electrons. The van der Waals surface area contributed by atoms with Crippen LogP contribution >= 0.6 is 11.6 Å². The number of allylic oxidation sites excluding steroid dienone is 1. The lowest BCUT2D eigenvalue weighted by Crippen LogP contribution is -2.40. The lowest BCUT2D eigenvalue weighted by Gasteiger charge is -2.29. The Balaban J connectivity index is 1.69. The number of sulfonamides is 1. The minimum atomic E-state index is -3.63. The van der Waals surface area contributed by atoms with Crippen molar-refractivity contribution in [3.05, 3.63) is 64.7 Å². The molecule has 0 saturated carbocycles. The second-order valence-corrected chi connectivity index (χ2v) is 14.4. The molecule has 0 aliphatic carbocycles. The van der Waals surface area contributed by atoms with Crippen molar-refractivity contribution in [1.82, 2.24) is 9.03 Å². The number of carbonyl (C=O) groups is 1. The number of nitrogens with one attached hydrogen (secondary N) is 1. The number of halogens is 1. The molecule has 2 heterocycles. The minimum Gasteiger partial charge on any atom is -0.491 e. The van der Waals surface area contributed by atoms with E-state index in [2.05, 4.69) is 35.6 Å². The highest BCUT2D eigenvalue weighted by atomic mass is 35.5. The zero-order chi connectivity index (χ0) is 29.6. The summed E-state index contributed by atoms with van der Waals surface area (Å²) >= 11 is 6.36. The molecule has 11 heteroatoms. The van der Waals surface area contributed by atoms with Crippen LogP contribution in [0.5, 0.6) is 5.75 Å². The Labute approximate surface area is 251 Å². The molecule has 8 nitrogen and oxygen atoms in total. The fourth-order valence-electron chi connectivity index (χ4n) is 5.43. The molecule has 0 spiro atoms. The summed E-state index contributed by atoms with van der Waals surface area (Å²) in [6, 6.07) is 11.4. The standard InChI is InChI=1S/C30H40ClN3O5S2/c1-4-8-23-17-25(31)10-12-27(23)24-19-33-16-14-22(5-2)9-6-7-15-34(41(3,37)38)20-30(35)32-40(36)26-11-13-29(39-21-24)28(33)18-26/h6-7,10-13,17-18,22,24H,4-5,8-9,14-16,19-21H2,1-3H3,(H,32,35)/b7-6+. The molecule has 2 aromatic rings. The van der Waals surface area contributed by atoms with E-state index < -0.39 is 33.5 Å². The first-order valence-corrected chi connectivity index (χ1v) is 17.6. The van der Waals surface area contributed by atoms with Gasteiger partial charge in [0.05, 0.1) is 30.0 Å². The number of amides is 1. The molecule has 224 valence electrons. The van der Waals surface area contributed by atoms with Crippen LogP contribution in [0, 0.1) is 5.92 Å². The molecular formula is C30H40ClN3O5S2. The highest BCUT2D eigenvalue weighted by Crippen LogP contribution is 2.38. The summed E-state index contributed by atoms with van der Waals surface area (Å²) in [5.41, 5.74) is 3.31. The van der Waals surface area contributed by atoms with Gasteiger partial charge in [-0.3, -0.25) is 9.52 Å². The normalized spacial score (nSPS) is 23.8. The predicted molar refractivity (Wildman–Crippen MR) is 165 cm³/mol. The number of hydrogen-bond acceptors (Lipinski definition) is 6. The van der Waals surface area contributed by atoms with E-state index in [0.717, 1.165) is 66.5 Å². The molecule has 0 aromatic heterocycles. The van der Waals surface area contributed by atoms with Crippen molar-refractivity contribution >= 4 is 44.2 Å². The van der Waals surface area contributed by atoms with Crippen LogP contribution in [0.1, 0.15) is 56.6 Å². The summed E-state index contributed by atoms with van der Waals surface area (Å²) in [5, 5.41) is 0.729. The van der Waals surface area contributed by atoms with E-state index in [4.69, 9.17) is 16.3 Å². The summed E-state index contributed by atoms with van der Waals surface area (Å²) in [5.74, 6) is 0.587. The smallest absolute Gasteiger partial charge is 0.247 e. The zero-order valence-electron chi connectivity index (χ0n) is 24.0. The fourth-order valence-corrected chi connectivity index (χ4v) is 7.13. The molecule has 3 unspecified atom stereocenters. The number of rotatable bonds is 5. The van der Waals surface area contributed by atoms with E-state index >= 15 is 0 Å². The quantitative estimate of drug-likeness (QED) is 0.470. The summed E-state index contributed by atoms with van der Waals surface area (Å²) in [6.45, 7) is 6.00. The second-order valence-electron chi connectivity index (χ2n) is 10.8. The van der Waals surface area contributed by atoms with Gasteiger partial charge in [-0.15, -0.1) is 0 Å². The predicted octanol–water partition coefficient (Wildman–Crippen LogP) is 5.05. The summed E-state index contributed by atoms with van der Waals surface area (Å²) in [7, 11) is -5.50. The first-order chi connectivity index (χ1) is 19.6. The van der Waals surface area contributed by atoms with E-state index in [1.54, 1.807) is 12.1 Å². The first kappa shape index (κ1) is 31.5. The van der Waals surface area contributed by atoms with Gasteiger partial charge >= 0.3 is 0 Å². The van der Waals surface area contributed by atoms with E-state index in [0.29, 0.717) is 23.2 Å². The van der Waals surface area contributed by atoms with Crippen LogP contribution in [-0.2, 0) is 32.2 Å². The average molecular weight is 622 g/mol. The Morgan fingerprint density at radius 3 is 2.68 bits per heavy atom. The third-order valence-electron chi connectivity index (χ3n) is 7.76. The SMILES string of the molecule is CCCc1cc(Cl)ccc1C1COc2ccc3cc2N(CCC(CC)C/C=C/CN(S(C)(=O)=O)CC(=O)NS3=O)C1. The lowest BCUT2D eigenvalue weighted by atomic mass is 9.91. The van der Waals surface area contributed by atoms with Crippen LogP contribution in [0.3, 0.4) is 0 Å². The van der Waals surface area contributed by atoms with Gasteiger partial charge in [0, 0.05) is 30.6 Å². The van der Waals surface area contributed by atoms with E-state index in [9.17, 15) is 17.4 Å². The minimum absolute atomic E-state index is 0.0838. The van der Waals surface area contributed by atoms with Crippen molar-refractivity contribution in [2.24, 2.45) is 5.92 Å². The molecule has 1 N–H and O–H groups in total. The topological polar surface area (TPSA) is 96.0 Å². The molecule has 2 bridgehead atoms. The monoisotopic (exact) mass is 621 g/mol. The molecular weight excluding hydrogens is 582 g/mol. The molecule has 2 aromatic carbocycles. The first-order valence-electron chi connectivity index (χ1n) is 14.2. The van der Waals surface area contributed by atoms with Gasteiger partial charge in [0.25, 0.3) is 0 Å². The third kappa shape index (κ3) is 8.34. The van der Waals surface area contributed by atoms with Crippen molar-refractivity contribution in [2.45, 2.75) is 56.8 Å². The summed E-state index contributed by atoms with van der Waals surface area (Å²) < 4.78 is 47.7.